The van der Waals surface area contributed by atoms with Gasteiger partial charge < -0.3 is 16.4 Å². The molecule has 1 heterocycles. The Morgan fingerprint density at radius 3 is 2.33 bits per heavy atom. The Morgan fingerprint density at radius 2 is 1.78 bits per heavy atom. The number of rotatable bonds is 7. The Bertz CT molecular complexity index is 576. The molecule has 6 nitrogen and oxygen atoms in total. The smallest absolute Gasteiger partial charge is 0.244 e. The molecule has 1 atom stereocenters. The molecule has 154 valence electrons. The first kappa shape index (κ1) is 25.7. The van der Waals surface area contributed by atoms with Crippen molar-refractivity contribution in [2.75, 3.05) is 26.2 Å². The van der Waals surface area contributed by atoms with Crippen LogP contribution in [0.4, 0.5) is 0 Å². The number of hydrogen-bond donors (Lipinski definition) is 3. The summed E-state index contributed by atoms with van der Waals surface area (Å²) in [7, 11) is 0. The molecule has 4 N–H and O–H groups in total. The zero-order valence-electron chi connectivity index (χ0n) is 16.1. The van der Waals surface area contributed by atoms with Gasteiger partial charge in [-0.3, -0.25) is 14.5 Å². The van der Waals surface area contributed by atoms with E-state index in [9.17, 15) is 9.59 Å². The van der Waals surface area contributed by atoms with Crippen LogP contribution in [0.2, 0.25) is 0 Å². The van der Waals surface area contributed by atoms with Gasteiger partial charge in [0.15, 0.2) is 0 Å². The summed E-state index contributed by atoms with van der Waals surface area (Å²) in [6.45, 7) is 6.54. The van der Waals surface area contributed by atoms with Crippen LogP contribution in [0.15, 0.2) is 30.3 Å². The fraction of sp³-hybridized carbons (Fsp3) is 0.579. The lowest BCUT2D eigenvalue weighted by Crippen LogP contribution is -2.54. The van der Waals surface area contributed by atoms with Crippen LogP contribution >= 0.6 is 24.8 Å². The van der Waals surface area contributed by atoms with E-state index < -0.39 is 5.54 Å². The first-order chi connectivity index (χ1) is 11.9. The lowest BCUT2D eigenvalue weighted by atomic mass is 9.91. The van der Waals surface area contributed by atoms with E-state index in [1.54, 1.807) is 6.92 Å². The van der Waals surface area contributed by atoms with Crippen LogP contribution in [0, 0.1) is 0 Å². The van der Waals surface area contributed by atoms with Crippen molar-refractivity contribution in [2.45, 2.75) is 44.7 Å². The minimum atomic E-state index is -1.04. The predicted octanol–water partition coefficient (Wildman–Crippen LogP) is 1.81. The molecule has 1 aliphatic heterocycles. The summed E-state index contributed by atoms with van der Waals surface area (Å²) in [5.41, 5.74) is 6.02. The molecule has 1 aromatic rings. The van der Waals surface area contributed by atoms with Crippen LogP contribution in [-0.4, -0.2) is 48.9 Å². The van der Waals surface area contributed by atoms with Crippen LogP contribution in [-0.2, 0) is 15.1 Å². The number of carbonyl (C=O) groups excluding carboxylic acids is 2. The first-order valence-electron chi connectivity index (χ1n) is 9.08. The zero-order chi connectivity index (χ0) is 18.3. The normalized spacial score (nSPS) is 17.0. The fourth-order valence-electron chi connectivity index (χ4n) is 3.01. The van der Waals surface area contributed by atoms with Crippen LogP contribution in [0.25, 0.3) is 0 Å². The van der Waals surface area contributed by atoms with E-state index >= 15 is 0 Å². The van der Waals surface area contributed by atoms with Gasteiger partial charge in [0.05, 0.1) is 6.54 Å². The number of carbonyl (C=O) groups is 2. The van der Waals surface area contributed by atoms with E-state index in [-0.39, 0.29) is 42.7 Å². The number of likely N-dealkylation sites (tertiary alicyclic amines) is 1. The van der Waals surface area contributed by atoms with Crippen molar-refractivity contribution in [1.29, 1.82) is 0 Å². The van der Waals surface area contributed by atoms with E-state index in [0.29, 0.717) is 6.54 Å². The van der Waals surface area contributed by atoms with Crippen molar-refractivity contribution >= 4 is 36.6 Å². The van der Waals surface area contributed by atoms with Crippen molar-refractivity contribution < 1.29 is 9.59 Å². The summed E-state index contributed by atoms with van der Waals surface area (Å²) in [5.74, 6) is -0.0826. The SMILES string of the molecule is CCCNC(=O)CN1CCC(NC(=O)C(C)(N)c2ccccc2)CC1.Cl.Cl. The third-order valence-electron chi connectivity index (χ3n) is 4.71. The maximum Gasteiger partial charge on any atom is 0.244 e. The molecule has 1 unspecified atom stereocenters. The maximum absolute atomic E-state index is 12.6. The van der Waals surface area contributed by atoms with Crippen molar-refractivity contribution in [2.24, 2.45) is 5.73 Å². The molecule has 1 aliphatic rings. The Labute approximate surface area is 174 Å². The van der Waals surface area contributed by atoms with Gasteiger partial charge in [-0.05, 0) is 31.7 Å². The number of benzene rings is 1. The van der Waals surface area contributed by atoms with E-state index in [1.165, 1.54) is 0 Å². The molecule has 2 rings (SSSR count). The summed E-state index contributed by atoms with van der Waals surface area (Å²) < 4.78 is 0. The van der Waals surface area contributed by atoms with Gasteiger partial charge in [-0.25, -0.2) is 0 Å². The van der Waals surface area contributed by atoms with Gasteiger partial charge in [-0.1, -0.05) is 37.3 Å². The van der Waals surface area contributed by atoms with Gasteiger partial charge in [0.2, 0.25) is 11.8 Å². The third-order valence-corrected chi connectivity index (χ3v) is 4.71. The second-order valence-electron chi connectivity index (χ2n) is 6.94. The number of nitrogens with zero attached hydrogens (tertiary/aromatic N) is 1. The quantitative estimate of drug-likeness (QED) is 0.629. The molecule has 0 aromatic heterocycles. The van der Waals surface area contributed by atoms with E-state index in [2.05, 4.69) is 15.5 Å². The van der Waals surface area contributed by atoms with Gasteiger partial charge in [-0.15, -0.1) is 24.8 Å². The summed E-state index contributed by atoms with van der Waals surface area (Å²) in [6, 6.07) is 9.53. The first-order valence-corrected chi connectivity index (χ1v) is 9.08. The largest absolute Gasteiger partial charge is 0.355 e. The molecule has 1 fully saturated rings. The van der Waals surface area contributed by atoms with Crippen LogP contribution < -0.4 is 16.4 Å². The van der Waals surface area contributed by atoms with Gasteiger partial charge in [0.1, 0.15) is 5.54 Å². The topological polar surface area (TPSA) is 87.5 Å². The Hall–Kier alpha value is -1.34. The van der Waals surface area contributed by atoms with Crippen LogP contribution in [0.1, 0.15) is 38.7 Å². The van der Waals surface area contributed by atoms with E-state index in [4.69, 9.17) is 5.73 Å². The highest BCUT2D eigenvalue weighted by molar-refractivity contribution is 5.87. The zero-order valence-corrected chi connectivity index (χ0v) is 17.7. The number of hydrogen-bond acceptors (Lipinski definition) is 4. The molecule has 8 heteroatoms. The average molecular weight is 419 g/mol. The fourth-order valence-corrected chi connectivity index (χ4v) is 3.01. The average Bonchev–Trinajstić information content (AvgIpc) is 2.62. The maximum atomic E-state index is 12.6. The van der Waals surface area contributed by atoms with Gasteiger partial charge >= 0.3 is 0 Å². The van der Waals surface area contributed by atoms with Crippen molar-refractivity contribution in [1.82, 2.24) is 15.5 Å². The molecule has 27 heavy (non-hydrogen) atoms. The number of nitrogens with two attached hydrogens (primary N) is 1. The van der Waals surface area contributed by atoms with Gasteiger partial charge in [0.25, 0.3) is 0 Å². The predicted molar refractivity (Wildman–Crippen MR) is 113 cm³/mol. The van der Waals surface area contributed by atoms with Crippen LogP contribution in [0.3, 0.4) is 0 Å². The van der Waals surface area contributed by atoms with Gasteiger partial charge in [0, 0.05) is 25.7 Å². The second kappa shape index (κ2) is 12.2. The second-order valence-corrected chi connectivity index (χ2v) is 6.94. The Kier molecular flexibility index (Phi) is 11.6. The minimum Gasteiger partial charge on any atom is -0.355 e. The summed E-state index contributed by atoms with van der Waals surface area (Å²) >= 11 is 0. The van der Waals surface area contributed by atoms with E-state index in [1.807, 2.05) is 37.3 Å². The van der Waals surface area contributed by atoms with Crippen molar-refractivity contribution in [3.8, 4) is 0 Å². The number of nitrogens with one attached hydrogen (secondary N) is 2. The molecular formula is C19H32Cl2N4O2. The third kappa shape index (κ3) is 7.66. The molecular weight excluding hydrogens is 387 g/mol. The molecule has 0 spiro atoms. The highest BCUT2D eigenvalue weighted by atomic mass is 35.5. The molecule has 0 radical (unpaired) electrons. The molecule has 0 bridgehead atoms. The number of piperidine rings is 1. The minimum absolute atomic E-state index is 0. The lowest BCUT2D eigenvalue weighted by Gasteiger charge is -2.34. The summed E-state index contributed by atoms with van der Waals surface area (Å²) in [4.78, 5) is 26.5. The molecule has 1 saturated heterocycles. The monoisotopic (exact) mass is 418 g/mol. The number of halogens is 2. The molecule has 0 aliphatic carbocycles. The number of amides is 2. The van der Waals surface area contributed by atoms with Gasteiger partial charge in [-0.2, -0.15) is 0 Å². The highest BCUT2D eigenvalue weighted by Crippen LogP contribution is 2.19. The van der Waals surface area contributed by atoms with Crippen molar-refractivity contribution in [3.05, 3.63) is 35.9 Å². The Morgan fingerprint density at radius 1 is 1.19 bits per heavy atom. The lowest BCUT2D eigenvalue weighted by molar-refractivity contribution is -0.127. The van der Waals surface area contributed by atoms with E-state index in [0.717, 1.165) is 44.5 Å². The standard InChI is InChI=1S/C19H30N4O2.2ClH/c1-3-11-21-17(24)14-23-12-9-16(10-13-23)22-18(25)19(2,20)15-7-5-4-6-8-15;;/h4-8,16H,3,9-14,20H2,1-2H3,(H,21,24)(H,22,25);2*1H. The molecule has 2 amide bonds. The Balaban J connectivity index is 0.00000338. The summed E-state index contributed by atoms with van der Waals surface area (Å²) in [6.07, 6.45) is 2.61. The van der Waals surface area contributed by atoms with Crippen LogP contribution in [0.5, 0.6) is 0 Å². The molecule has 1 aromatic carbocycles. The summed E-state index contributed by atoms with van der Waals surface area (Å²) in [5, 5.41) is 5.97. The highest BCUT2D eigenvalue weighted by Gasteiger charge is 2.32. The molecule has 0 saturated carbocycles. The van der Waals surface area contributed by atoms with Crippen molar-refractivity contribution in [3.63, 3.8) is 0 Å².